The highest BCUT2D eigenvalue weighted by atomic mass is 16.3. The minimum atomic E-state index is -0.397. The second-order valence-corrected chi connectivity index (χ2v) is 3.18. The maximum atomic E-state index is 9.75. The van der Waals surface area contributed by atoms with E-state index in [1.165, 1.54) is 0 Å². The van der Waals surface area contributed by atoms with E-state index in [9.17, 15) is 5.11 Å². The van der Waals surface area contributed by atoms with E-state index in [4.69, 9.17) is 5.73 Å². The standard InChI is InChI=1S/C11H16NO/c1-2-5-11(13)10-7-4-3-6-9(10)8-12/h3-4,6-7,11-13H,2,5,8H2,1H3. The van der Waals surface area contributed by atoms with E-state index in [1.807, 2.05) is 31.2 Å². The van der Waals surface area contributed by atoms with Gasteiger partial charge in [0, 0.05) is 6.54 Å². The van der Waals surface area contributed by atoms with Crippen LogP contribution in [0.15, 0.2) is 24.3 Å². The topological polar surface area (TPSA) is 44.0 Å². The summed E-state index contributed by atoms with van der Waals surface area (Å²) in [5.41, 5.74) is 9.15. The Morgan fingerprint density at radius 3 is 2.69 bits per heavy atom. The summed E-state index contributed by atoms with van der Waals surface area (Å²) in [7, 11) is 0. The van der Waals surface area contributed by atoms with Crippen molar-refractivity contribution in [1.29, 1.82) is 0 Å². The summed E-state index contributed by atoms with van der Waals surface area (Å²) < 4.78 is 0. The molecule has 13 heavy (non-hydrogen) atoms. The highest BCUT2D eigenvalue weighted by molar-refractivity contribution is 5.28. The Morgan fingerprint density at radius 1 is 1.38 bits per heavy atom. The predicted octanol–water partition coefficient (Wildman–Crippen LogP) is 2.30. The van der Waals surface area contributed by atoms with Crippen molar-refractivity contribution in [2.24, 2.45) is 0 Å². The van der Waals surface area contributed by atoms with Crippen LogP contribution in [0.3, 0.4) is 0 Å². The molecular formula is C11H16NO. The molecule has 1 atom stereocenters. The molecule has 2 heteroatoms. The zero-order valence-corrected chi connectivity index (χ0v) is 7.96. The van der Waals surface area contributed by atoms with Gasteiger partial charge in [0.2, 0.25) is 0 Å². The van der Waals surface area contributed by atoms with Crippen LogP contribution in [0.25, 0.3) is 0 Å². The lowest BCUT2D eigenvalue weighted by Gasteiger charge is -2.13. The van der Waals surface area contributed by atoms with Gasteiger partial charge in [0.1, 0.15) is 0 Å². The number of aliphatic hydroxyl groups excluding tert-OH is 1. The second-order valence-electron chi connectivity index (χ2n) is 3.18. The molecule has 0 spiro atoms. The molecule has 0 aromatic heterocycles. The van der Waals surface area contributed by atoms with Crippen molar-refractivity contribution in [2.45, 2.75) is 32.4 Å². The molecule has 0 heterocycles. The van der Waals surface area contributed by atoms with Crippen molar-refractivity contribution in [2.75, 3.05) is 0 Å². The van der Waals surface area contributed by atoms with Gasteiger partial charge in [-0.15, -0.1) is 0 Å². The summed E-state index contributed by atoms with van der Waals surface area (Å²) in [5, 5.41) is 9.75. The Hall–Kier alpha value is -0.860. The molecule has 1 aromatic carbocycles. The molecule has 1 aromatic rings. The van der Waals surface area contributed by atoms with Crippen molar-refractivity contribution in [3.8, 4) is 0 Å². The van der Waals surface area contributed by atoms with Gasteiger partial charge in [-0.3, -0.25) is 5.73 Å². The van der Waals surface area contributed by atoms with Gasteiger partial charge < -0.3 is 5.11 Å². The van der Waals surface area contributed by atoms with Gasteiger partial charge in [0.05, 0.1) is 6.10 Å². The van der Waals surface area contributed by atoms with Gasteiger partial charge in [-0.1, -0.05) is 37.6 Å². The Morgan fingerprint density at radius 2 is 2.08 bits per heavy atom. The summed E-state index contributed by atoms with van der Waals surface area (Å²) in [6.07, 6.45) is 1.34. The molecule has 1 unspecified atom stereocenters. The van der Waals surface area contributed by atoms with Crippen molar-refractivity contribution >= 4 is 0 Å². The Bertz CT molecular complexity index is 260. The van der Waals surface area contributed by atoms with E-state index >= 15 is 0 Å². The van der Waals surface area contributed by atoms with E-state index in [0.717, 1.165) is 24.0 Å². The van der Waals surface area contributed by atoms with Crippen LogP contribution >= 0.6 is 0 Å². The van der Waals surface area contributed by atoms with Crippen LogP contribution in [0.4, 0.5) is 0 Å². The average Bonchev–Trinajstić information content (AvgIpc) is 2.18. The molecule has 0 bridgehead atoms. The second kappa shape index (κ2) is 5.00. The van der Waals surface area contributed by atoms with Crippen LogP contribution in [0.2, 0.25) is 0 Å². The average molecular weight is 178 g/mol. The molecule has 1 rings (SSSR count). The first-order valence-electron chi connectivity index (χ1n) is 4.70. The minimum Gasteiger partial charge on any atom is -0.388 e. The quantitative estimate of drug-likeness (QED) is 0.755. The highest BCUT2D eigenvalue weighted by Gasteiger charge is 2.09. The van der Waals surface area contributed by atoms with Gasteiger partial charge in [-0.2, -0.15) is 0 Å². The molecule has 0 amide bonds. The molecule has 0 saturated carbocycles. The predicted molar refractivity (Wildman–Crippen MR) is 53.1 cm³/mol. The Balaban J connectivity index is 2.85. The van der Waals surface area contributed by atoms with E-state index < -0.39 is 6.10 Å². The Kier molecular flexibility index (Phi) is 3.93. The van der Waals surface area contributed by atoms with Crippen molar-refractivity contribution < 1.29 is 5.11 Å². The summed E-state index contributed by atoms with van der Waals surface area (Å²) >= 11 is 0. The monoisotopic (exact) mass is 178 g/mol. The van der Waals surface area contributed by atoms with Crippen LogP contribution in [-0.4, -0.2) is 5.11 Å². The molecule has 1 radical (unpaired) electrons. The third-order valence-electron chi connectivity index (χ3n) is 2.17. The molecule has 0 aliphatic heterocycles. The summed E-state index contributed by atoms with van der Waals surface area (Å²) in [5.74, 6) is 0. The summed E-state index contributed by atoms with van der Waals surface area (Å²) in [6.45, 7) is 2.30. The normalized spacial score (nSPS) is 12.8. The lowest BCUT2D eigenvalue weighted by molar-refractivity contribution is 0.165. The first kappa shape index (κ1) is 10.2. The number of rotatable bonds is 4. The summed E-state index contributed by atoms with van der Waals surface area (Å²) in [4.78, 5) is 0. The van der Waals surface area contributed by atoms with Crippen LogP contribution in [0.5, 0.6) is 0 Å². The van der Waals surface area contributed by atoms with E-state index in [0.29, 0.717) is 0 Å². The van der Waals surface area contributed by atoms with E-state index in [1.54, 1.807) is 0 Å². The number of hydrogen-bond acceptors (Lipinski definition) is 1. The smallest absolute Gasteiger partial charge is 0.0793 e. The maximum Gasteiger partial charge on any atom is 0.0793 e. The van der Waals surface area contributed by atoms with Gasteiger partial charge in [-0.05, 0) is 17.5 Å². The minimum absolute atomic E-state index is 0.247. The van der Waals surface area contributed by atoms with Crippen LogP contribution in [0.1, 0.15) is 37.0 Å². The fourth-order valence-electron chi connectivity index (χ4n) is 1.45. The molecule has 0 fully saturated rings. The first-order chi connectivity index (χ1) is 6.29. The largest absolute Gasteiger partial charge is 0.388 e. The lowest BCUT2D eigenvalue weighted by atomic mass is 9.99. The zero-order chi connectivity index (χ0) is 9.68. The number of hydrogen-bond donors (Lipinski definition) is 1. The molecular weight excluding hydrogens is 162 g/mol. The molecule has 2 nitrogen and oxygen atoms in total. The molecule has 71 valence electrons. The third-order valence-corrected chi connectivity index (χ3v) is 2.17. The van der Waals surface area contributed by atoms with Gasteiger partial charge >= 0.3 is 0 Å². The highest BCUT2D eigenvalue weighted by Crippen LogP contribution is 2.21. The van der Waals surface area contributed by atoms with Crippen molar-refractivity contribution in [3.05, 3.63) is 35.4 Å². The van der Waals surface area contributed by atoms with Crippen molar-refractivity contribution in [1.82, 2.24) is 5.73 Å². The molecule has 2 N–H and O–H groups in total. The summed E-state index contributed by atoms with van der Waals surface area (Å²) in [6, 6.07) is 7.63. The van der Waals surface area contributed by atoms with Crippen LogP contribution in [0, 0.1) is 0 Å². The third kappa shape index (κ3) is 2.54. The SMILES string of the molecule is CCCC(O)c1ccccc1C[NH]. The first-order valence-corrected chi connectivity index (χ1v) is 4.70. The van der Waals surface area contributed by atoms with Crippen LogP contribution in [-0.2, 0) is 6.54 Å². The van der Waals surface area contributed by atoms with E-state index in [-0.39, 0.29) is 6.54 Å². The van der Waals surface area contributed by atoms with Crippen LogP contribution < -0.4 is 5.73 Å². The maximum absolute atomic E-state index is 9.75. The zero-order valence-electron chi connectivity index (χ0n) is 7.96. The number of nitrogens with one attached hydrogen (secondary N) is 1. The number of aliphatic hydroxyl groups is 1. The molecule has 0 saturated heterocycles. The van der Waals surface area contributed by atoms with Gasteiger partial charge in [-0.25, -0.2) is 0 Å². The molecule has 0 aliphatic rings. The number of benzene rings is 1. The van der Waals surface area contributed by atoms with E-state index in [2.05, 4.69) is 0 Å². The fraction of sp³-hybridized carbons (Fsp3) is 0.455. The fourth-order valence-corrected chi connectivity index (χ4v) is 1.45. The Labute approximate surface area is 79.4 Å². The van der Waals surface area contributed by atoms with Gasteiger partial charge in [0.25, 0.3) is 0 Å². The lowest BCUT2D eigenvalue weighted by Crippen LogP contribution is -2.01. The van der Waals surface area contributed by atoms with Gasteiger partial charge in [0.15, 0.2) is 0 Å². The van der Waals surface area contributed by atoms with Crippen molar-refractivity contribution in [3.63, 3.8) is 0 Å². The molecule has 0 aliphatic carbocycles.